The normalized spacial score (nSPS) is 11.4. The predicted octanol–water partition coefficient (Wildman–Crippen LogP) is 4.16. The van der Waals surface area contributed by atoms with Crippen LogP contribution in [0.5, 0.6) is 0 Å². The van der Waals surface area contributed by atoms with Gasteiger partial charge in [0.2, 0.25) is 0 Å². The van der Waals surface area contributed by atoms with E-state index in [1.165, 1.54) is 0 Å². The third-order valence-electron chi connectivity index (χ3n) is 4.26. The molecule has 0 saturated carbocycles. The maximum absolute atomic E-state index is 5.99. The van der Waals surface area contributed by atoms with Crippen LogP contribution in [0.4, 0.5) is 0 Å². The van der Waals surface area contributed by atoms with Crippen molar-refractivity contribution in [2.24, 2.45) is 12.0 Å². The fourth-order valence-corrected chi connectivity index (χ4v) is 3.72. The molecule has 4 rings (SSSR count). The summed E-state index contributed by atoms with van der Waals surface area (Å²) in [6.07, 6.45) is 1.78. The maximum atomic E-state index is 5.99. The van der Waals surface area contributed by atoms with Gasteiger partial charge < -0.3 is 15.1 Å². The second-order valence-electron chi connectivity index (χ2n) is 6.25. The first-order valence-electron chi connectivity index (χ1n) is 9.16. The number of benzene rings is 1. The van der Waals surface area contributed by atoms with Gasteiger partial charge in [-0.2, -0.15) is 5.10 Å². The first kappa shape index (κ1) is 21.3. The summed E-state index contributed by atoms with van der Waals surface area (Å²) in [5.41, 5.74) is 2.05. The molecule has 2 N–H and O–H groups in total. The van der Waals surface area contributed by atoms with E-state index in [-0.39, 0.29) is 24.0 Å². The SMILES string of the molecule is CCNC(=NCc1ccnn1C)NCc1ccc(-c2nc3ccccc3s2)o1.I. The minimum absolute atomic E-state index is 0. The molecule has 29 heavy (non-hydrogen) atoms. The number of aryl methyl sites for hydroxylation is 1. The van der Waals surface area contributed by atoms with Gasteiger partial charge in [-0.15, -0.1) is 35.3 Å². The van der Waals surface area contributed by atoms with Crippen molar-refractivity contribution in [3.8, 4) is 10.8 Å². The Morgan fingerprint density at radius 1 is 1.17 bits per heavy atom. The fourth-order valence-electron chi connectivity index (χ4n) is 2.79. The molecule has 0 aliphatic rings. The van der Waals surface area contributed by atoms with Crippen molar-refractivity contribution in [2.75, 3.05) is 6.54 Å². The minimum atomic E-state index is 0. The molecule has 9 heteroatoms. The molecule has 0 spiro atoms. The molecule has 0 aliphatic carbocycles. The van der Waals surface area contributed by atoms with Crippen LogP contribution in [0.25, 0.3) is 21.0 Å². The molecule has 1 aromatic carbocycles. The molecule has 3 aromatic heterocycles. The lowest BCUT2D eigenvalue weighted by atomic mass is 10.3. The number of nitrogens with one attached hydrogen (secondary N) is 2. The minimum Gasteiger partial charge on any atom is -0.457 e. The Balaban J connectivity index is 0.00000240. The van der Waals surface area contributed by atoms with E-state index in [0.717, 1.165) is 44.9 Å². The van der Waals surface area contributed by atoms with E-state index in [9.17, 15) is 0 Å². The average molecular weight is 522 g/mol. The summed E-state index contributed by atoms with van der Waals surface area (Å²) in [6, 6.07) is 14.0. The molecule has 0 saturated heterocycles. The Labute approximate surface area is 190 Å². The topological polar surface area (TPSA) is 80.3 Å². The Morgan fingerprint density at radius 2 is 2.03 bits per heavy atom. The number of halogens is 1. The summed E-state index contributed by atoms with van der Waals surface area (Å²) < 4.78 is 8.97. The predicted molar refractivity (Wildman–Crippen MR) is 128 cm³/mol. The number of furan rings is 1. The van der Waals surface area contributed by atoms with Gasteiger partial charge in [0.25, 0.3) is 0 Å². The third-order valence-corrected chi connectivity index (χ3v) is 5.31. The van der Waals surface area contributed by atoms with Crippen molar-refractivity contribution >= 4 is 51.5 Å². The highest BCUT2D eigenvalue weighted by atomic mass is 127. The van der Waals surface area contributed by atoms with Crippen LogP contribution in [-0.2, 0) is 20.1 Å². The van der Waals surface area contributed by atoms with Crippen LogP contribution in [-0.4, -0.2) is 27.3 Å². The van der Waals surface area contributed by atoms with Gasteiger partial charge in [-0.05, 0) is 37.3 Å². The number of aromatic nitrogens is 3. The summed E-state index contributed by atoms with van der Waals surface area (Å²) >= 11 is 1.63. The standard InChI is InChI=1S/C20H22N6OS.HI/c1-3-21-20(22-12-14-10-11-24-26(14)2)23-13-15-8-9-17(27-15)19-25-16-6-4-5-7-18(16)28-19;/h4-11H,3,12-13H2,1-2H3,(H2,21,22,23);1H. The van der Waals surface area contributed by atoms with E-state index >= 15 is 0 Å². The molecule has 0 fully saturated rings. The molecule has 0 amide bonds. The van der Waals surface area contributed by atoms with E-state index in [2.05, 4.69) is 31.8 Å². The van der Waals surface area contributed by atoms with Crippen LogP contribution in [0.2, 0.25) is 0 Å². The summed E-state index contributed by atoms with van der Waals surface area (Å²) in [5.74, 6) is 2.36. The summed E-state index contributed by atoms with van der Waals surface area (Å²) in [7, 11) is 1.91. The molecular weight excluding hydrogens is 499 g/mol. The van der Waals surface area contributed by atoms with Gasteiger partial charge in [-0.3, -0.25) is 4.68 Å². The zero-order chi connectivity index (χ0) is 19.3. The molecule has 0 atom stereocenters. The lowest BCUT2D eigenvalue weighted by molar-refractivity contribution is 0.513. The lowest BCUT2D eigenvalue weighted by Gasteiger charge is -2.10. The maximum Gasteiger partial charge on any atom is 0.192 e. The van der Waals surface area contributed by atoms with Gasteiger partial charge in [-0.1, -0.05) is 12.1 Å². The summed E-state index contributed by atoms with van der Waals surface area (Å²) in [5, 5.41) is 11.6. The number of thiazole rings is 1. The molecule has 3 heterocycles. The molecule has 0 bridgehead atoms. The quantitative estimate of drug-likeness (QED) is 0.226. The van der Waals surface area contributed by atoms with Crippen LogP contribution in [0.1, 0.15) is 18.4 Å². The number of aliphatic imine (C=N–C) groups is 1. The molecule has 0 unspecified atom stereocenters. The molecule has 0 aliphatic heterocycles. The van der Waals surface area contributed by atoms with E-state index in [1.54, 1.807) is 17.5 Å². The largest absolute Gasteiger partial charge is 0.457 e. The zero-order valence-electron chi connectivity index (χ0n) is 16.3. The molecule has 0 radical (unpaired) electrons. The highest BCUT2D eigenvalue weighted by Crippen LogP contribution is 2.31. The number of hydrogen-bond donors (Lipinski definition) is 2. The van der Waals surface area contributed by atoms with Crippen LogP contribution in [0, 0.1) is 0 Å². The number of hydrogen-bond acceptors (Lipinski definition) is 5. The monoisotopic (exact) mass is 522 g/mol. The van der Waals surface area contributed by atoms with Crippen LogP contribution >= 0.6 is 35.3 Å². The Bertz CT molecular complexity index is 1070. The number of nitrogens with zero attached hydrogens (tertiary/aromatic N) is 4. The number of fused-ring (bicyclic) bond motifs is 1. The van der Waals surface area contributed by atoms with Crippen molar-refractivity contribution in [1.29, 1.82) is 0 Å². The lowest BCUT2D eigenvalue weighted by Crippen LogP contribution is -2.36. The van der Waals surface area contributed by atoms with Gasteiger partial charge in [0.05, 0.1) is 29.0 Å². The molecule has 152 valence electrons. The van der Waals surface area contributed by atoms with Crippen molar-refractivity contribution in [3.05, 3.63) is 60.1 Å². The molecule has 4 aromatic rings. The van der Waals surface area contributed by atoms with Crippen molar-refractivity contribution < 1.29 is 4.42 Å². The van der Waals surface area contributed by atoms with Gasteiger partial charge in [0.15, 0.2) is 16.7 Å². The highest BCUT2D eigenvalue weighted by Gasteiger charge is 2.11. The van der Waals surface area contributed by atoms with E-state index in [4.69, 9.17) is 4.42 Å². The number of guanidine groups is 1. The average Bonchev–Trinajstić information content (AvgIpc) is 3.43. The van der Waals surface area contributed by atoms with Crippen LogP contribution < -0.4 is 10.6 Å². The van der Waals surface area contributed by atoms with Crippen LogP contribution in [0.15, 0.2) is 58.1 Å². The molecular formula is C20H23IN6OS. The second-order valence-corrected chi connectivity index (χ2v) is 7.28. The van der Waals surface area contributed by atoms with E-state index < -0.39 is 0 Å². The fraction of sp³-hybridized carbons (Fsp3) is 0.250. The van der Waals surface area contributed by atoms with E-state index in [0.29, 0.717) is 13.1 Å². The molecule has 7 nitrogen and oxygen atoms in total. The van der Waals surface area contributed by atoms with Gasteiger partial charge >= 0.3 is 0 Å². The first-order valence-corrected chi connectivity index (χ1v) is 9.98. The van der Waals surface area contributed by atoms with Crippen molar-refractivity contribution in [2.45, 2.75) is 20.0 Å². The Kier molecular flexibility index (Phi) is 7.26. The number of para-hydroxylation sites is 1. The van der Waals surface area contributed by atoms with Gasteiger partial charge in [0, 0.05) is 19.8 Å². The Hall–Kier alpha value is -2.40. The van der Waals surface area contributed by atoms with Gasteiger partial charge in [0.1, 0.15) is 5.76 Å². The van der Waals surface area contributed by atoms with E-state index in [1.807, 2.05) is 55.1 Å². The van der Waals surface area contributed by atoms with Crippen molar-refractivity contribution in [1.82, 2.24) is 25.4 Å². The summed E-state index contributed by atoms with van der Waals surface area (Å²) in [6.45, 7) is 3.93. The highest BCUT2D eigenvalue weighted by molar-refractivity contribution is 14.0. The summed E-state index contributed by atoms with van der Waals surface area (Å²) in [4.78, 5) is 9.25. The Morgan fingerprint density at radius 3 is 2.79 bits per heavy atom. The smallest absolute Gasteiger partial charge is 0.192 e. The second kappa shape index (κ2) is 9.88. The van der Waals surface area contributed by atoms with Gasteiger partial charge in [-0.25, -0.2) is 9.98 Å². The number of rotatable bonds is 6. The third kappa shape index (κ3) is 5.15. The van der Waals surface area contributed by atoms with Crippen molar-refractivity contribution in [3.63, 3.8) is 0 Å². The zero-order valence-corrected chi connectivity index (χ0v) is 19.4. The first-order chi connectivity index (χ1) is 13.7. The van der Waals surface area contributed by atoms with Crippen LogP contribution in [0.3, 0.4) is 0 Å².